The highest BCUT2D eigenvalue weighted by atomic mass is 79.9. The maximum atomic E-state index is 14.7. The number of ether oxygens (including phenoxy) is 3. The summed E-state index contributed by atoms with van der Waals surface area (Å²) in [6.07, 6.45) is 8.07. The summed E-state index contributed by atoms with van der Waals surface area (Å²) in [5.74, 6) is 1.13. The highest BCUT2D eigenvalue weighted by Gasteiger charge is 2.33. The third kappa shape index (κ3) is 8.78. The first-order valence-corrected chi connectivity index (χ1v) is 17.6. The Morgan fingerprint density at radius 3 is 2.02 bits per heavy atom. The van der Waals surface area contributed by atoms with Crippen molar-refractivity contribution in [1.82, 2.24) is 9.78 Å². The van der Waals surface area contributed by atoms with Crippen LogP contribution in [0.25, 0.3) is 5.69 Å². The van der Waals surface area contributed by atoms with E-state index in [2.05, 4.69) is 78.3 Å². The van der Waals surface area contributed by atoms with Crippen LogP contribution in [0.1, 0.15) is 89.6 Å². The van der Waals surface area contributed by atoms with Crippen LogP contribution in [0.5, 0.6) is 0 Å². The first kappa shape index (κ1) is 35.0. The van der Waals surface area contributed by atoms with E-state index in [0.29, 0.717) is 54.9 Å². The van der Waals surface area contributed by atoms with Crippen LogP contribution >= 0.6 is 27.5 Å². The van der Waals surface area contributed by atoms with Gasteiger partial charge < -0.3 is 19.5 Å². The molecule has 3 saturated heterocycles. The monoisotopic (exact) mass is 717 g/mol. The normalized spacial score (nSPS) is 26.3. The molecule has 4 heterocycles. The minimum Gasteiger partial charge on any atom is -0.379 e. The molecule has 0 spiro atoms. The first-order chi connectivity index (χ1) is 22.0. The molecular weight excluding hydrogens is 673 g/mol. The minimum absolute atomic E-state index is 0.0155. The van der Waals surface area contributed by atoms with Crippen LogP contribution in [0.4, 0.5) is 10.1 Å². The van der Waals surface area contributed by atoms with Crippen LogP contribution in [-0.4, -0.2) is 47.4 Å². The summed E-state index contributed by atoms with van der Waals surface area (Å²) in [7, 11) is 0. The highest BCUT2D eigenvalue weighted by Crippen LogP contribution is 2.37. The van der Waals surface area contributed by atoms with Gasteiger partial charge in [0, 0.05) is 11.1 Å². The van der Waals surface area contributed by atoms with Gasteiger partial charge in [0.2, 0.25) is 0 Å². The SMILES string of the molecule is CC(C)C1CCC(c2ccc(Br)cc2)O1.CC(C)[C@@H]1CC[C@H](c2ccc(-n3ncc(NCC4(F)CCCOC4)c(Cl)c3=O)cc2)O1. The van der Waals surface area contributed by atoms with Crippen LogP contribution in [0.3, 0.4) is 0 Å². The maximum absolute atomic E-state index is 14.7. The summed E-state index contributed by atoms with van der Waals surface area (Å²) in [5.41, 5.74) is 1.41. The molecule has 1 aromatic heterocycles. The van der Waals surface area contributed by atoms with Gasteiger partial charge in [0.15, 0.2) is 5.67 Å². The predicted molar refractivity (Wildman–Crippen MR) is 185 cm³/mol. The Balaban J connectivity index is 0.000000232. The zero-order valence-electron chi connectivity index (χ0n) is 27.2. The molecule has 0 saturated carbocycles. The number of nitrogens with zero attached hydrogens (tertiary/aromatic N) is 2. The number of hydrogen-bond acceptors (Lipinski definition) is 6. The summed E-state index contributed by atoms with van der Waals surface area (Å²) < 4.78 is 34.5. The number of nitrogens with one attached hydrogen (secondary N) is 1. The fraction of sp³-hybridized carbons (Fsp3) is 0.556. The van der Waals surface area contributed by atoms with E-state index in [-0.39, 0.29) is 30.4 Å². The number of aromatic nitrogens is 2. The van der Waals surface area contributed by atoms with E-state index >= 15 is 0 Å². The second-order valence-electron chi connectivity index (χ2n) is 13.4. The molecule has 0 amide bonds. The average molecular weight is 719 g/mol. The molecule has 3 aliphatic rings. The van der Waals surface area contributed by atoms with Crippen molar-refractivity contribution >= 4 is 33.2 Å². The molecule has 5 atom stereocenters. The van der Waals surface area contributed by atoms with Crippen molar-refractivity contribution < 1.29 is 18.6 Å². The van der Waals surface area contributed by atoms with Gasteiger partial charge in [-0.05, 0) is 85.8 Å². The third-order valence-corrected chi connectivity index (χ3v) is 10.0. The first-order valence-electron chi connectivity index (χ1n) is 16.5. The van der Waals surface area contributed by atoms with Gasteiger partial charge in [-0.3, -0.25) is 4.79 Å². The van der Waals surface area contributed by atoms with E-state index in [1.165, 1.54) is 22.9 Å². The fourth-order valence-corrected chi connectivity index (χ4v) is 6.72. The topological polar surface area (TPSA) is 74.6 Å². The van der Waals surface area contributed by atoms with E-state index in [9.17, 15) is 9.18 Å². The lowest BCUT2D eigenvalue weighted by atomic mass is 9.99. The molecule has 3 unspecified atom stereocenters. The molecule has 0 bridgehead atoms. The minimum atomic E-state index is -1.47. The van der Waals surface area contributed by atoms with E-state index in [1.807, 2.05) is 24.3 Å². The third-order valence-electron chi connectivity index (χ3n) is 9.13. The molecule has 7 nitrogen and oxygen atoms in total. The van der Waals surface area contributed by atoms with Crippen molar-refractivity contribution in [3.05, 3.63) is 85.7 Å². The highest BCUT2D eigenvalue weighted by molar-refractivity contribution is 9.10. The van der Waals surface area contributed by atoms with Gasteiger partial charge >= 0.3 is 0 Å². The van der Waals surface area contributed by atoms with Crippen molar-refractivity contribution in [3.8, 4) is 5.69 Å². The number of anilines is 1. The van der Waals surface area contributed by atoms with Crippen molar-refractivity contribution in [2.75, 3.05) is 25.1 Å². The molecule has 3 aliphatic heterocycles. The standard InChI is InChI=1S/C23H29ClFN3O3.C13H17BrO/c1-15(2)19-8-9-20(31-19)16-4-6-17(7-5-16)28-22(29)21(24)18(12-27-28)26-13-23(25)10-3-11-30-14-23;1-9(2)12-7-8-13(15-12)10-3-5-11(14)6-4-10/h4-7,12,15,19-20,26H,3,8-11,13-14H2,1-2H3;3-6,9,12-13H,7-8H2,1-2H3/t19-,20+,23?;/m0./s1. The van der Waals surface area contributed by atoms with Gasteiger partial charge in [0.1, 0.15) is 5.02 Å². The number of rotatable bonds is 8. The van der Waals surface area contributed by atoms with E-state index < -0.39 is 11.2 Å². The molecule has 6 rings (SSSR count). The van der Waals surface area contributed by atoms with Crippen molar-refractivity contribution in [2.45, 2.75) is 96.3 Å². The molecule has 10 heteroatoms. The smallest absolute Gasteiger partial charge is 0.292 e. The Hall–Kier alpha value is -2.30. The predicted octanol–water partition coefficient (Wildman–Crippen LogP) is 9.02. The average Bonchev–Trinajstić information content (AvgIpc) is 3.75. The molecule has 250 valence electrons. The Labute approximate surface area is 285 Å². The lowest BCUT2D eigenvalue weighted by molar-refractivity contribution is -0.0234. The Morgan fingerprint density at radius 2 is 1.52 bits per heavy atom. The molecule has 2 aromatic carbocycles. The zero-order valence-corrected chi connectivity index (χ0v) is 29.5. The molecule has 46 heavy (non-hydrogen) atoms. The number of halogens is 3. The van der Waals surface area contributed by atoms with Gasteiger partial charge in [-0.1, -0.05) is 79.5 Å². The van der Waals surface area contributed by atoms with E-state index in [1.54, 1.807) is 0 Å². The lowest BCUT2D eigenvalue weighted by Crippen LogP contribution is -2.40. The van der Waals surface area contributed by atoms with Crippen LogP contribution < -0.4 is 10.9 Å². The maximum Gasteiger partial charge on any atom is 0.292 e. The molecule has 0 radical (unpaired) electrons. The molecule has 3 aromatic rings. The molecular formula is C36H46BrClFN3O4. The number of hydrogen-bond donors (Lipinski definition) is 1. The summed E-state index contributed by atoms with van der Waals surface area (Å²) in [6, 6.07) is 16.1. The van der Waals surface area contributed by atoms with E-state index in [4.69, 9.17) is 25.8 Å². The summed E-state index contributed by atoms with van der Waals surface area (Å²) in [6.45, 7) is 9.44. The van der Waals surface area contributed by atoms with Crippen molar-refractivity contribution in [2.24, 2.45) is 11.8 Å². The number of alkyl halides is 1. The molecule has 0 aliphatic carbocycles. The van der Waals surface area contributed by atoms with Crippen LogP contribution in [0.15, 0.2) is 64.0 Å². The Morgan fingerprint density at radius 1 is 0.957 bits per heavy atom. The zero-order chi connectivity index (χ0) is 32.8. The second-order valence-corrected chi connectivity index (χ2v) is 14.7. The fourth-order valence-electron chi connectivity index (χ4n) is 6.26. The van der Waals surface area contributed by atoms with Crippen molar-refractivity contribution in [1.29, 1.82) is 0 Å². The van der Waals surface area contributed by atoms with Gasteiger partial charge in [-0.2, -0.15) is 9.78 Å². The largest absolute Gasteiger partial charge is 0.379 e. The molecule has 3 fully saturated rings. The van der Waals surface area contributed by atoms with Gasteiger partial charge in [-0.25, -0.2) is 4.39 Å². The summed E-state index contributed by atoms with van der Waals surface area (Å²) >= 11 is 9.73. The van der Waals surface area contributed by atoms with Gasteiger partial charge in [-0.15, -0.1) is 0 Å². The van der Waals surface area contributed by atoms with Crippen LogP contribution in [0.2, 0.25) is 5.02 Å². The van der Waals surface area contributed by atoms with Crippen LogP contribution in [0, 0.1) is 11.8 Å². The summed E-state index contributed by atoms with van der Waals surface area (Å²) in [5, 5.41) is 7.14. The van der Waals surface area contributed by atoms with Crippen molar-refractivity contribution in [3.63, 3.8) is 0 Å². The Kier molecular flexibility index (Phi) is 12.0. The molecule has 1 N–H and O–H groups in total. The summed E-state index contributed by atoms with van der Waals surface area (Å²) in [4.78, 5) is 12.8. The number of benzene rings is 2. The van der Waals surface area contributed by atoms with Gasteiger partial charge in [0.05, 0.1) is 55.1 Å². The Bertz CT molecular complexity index is 1480. The van der Waals surface area contributed by atoms with Gasteiger partial charge in [0.25, 0.3) is 5.56 Å². The van der Waals surface area contributed by atoms with E-state index in [0.717, 1.165) is 29.3 Å². The van der Waals surface area contributed by atoms with Crippen LogP contribution in [-0.2, 0) is 14.2 Å². The second kappa shape index (κ2) is 15.7. The lowest BCUT2D eigenvalue weighted by Gasteiger charge is -2.29. The quantitative estimate of drug-likeness (QED) is 0.251.